The number of ether oxygens (including phenoxy) is 1. The molecule has 1 aromatic rings. The van der Waals surface area contributed by atoms with Gasteiger partial charge < -0.3 is 9.72 Å². The summed E-state index contributed by atoms with van der Waals surface area (Å²) in [6, 6.07) is 2.03. The molecule has 1 heterocycles. The smallest absolute Gasteiger partial charge is 0.319 e. The molecule has 4 nitrogen and oxygen atoms in total. The molecule has 0 fully saturated rings. The summed E-state index contributed by atoms with van der Waals surface area (Å²) in [5.74, 6) is -0.193. The van der Waals surface area contributed by atoms with Gasteiger partial charge in [-0.15, -0.1) is 0 Å². The van der Waals surface area contributed by atoms with Crippen LogP contribution in [-0.2, 0) is 16.0 Å². The Hall–Kier alpha value is -1.29. The van der Waals surface area contributed by atoms with Gasteiger partial charge in [0, 0.05) is 18.9 Å². The topological polar surface area (TPSA) is 45.3 Å². The minimum Gasteiger partial charge on any atom is -0.468 e. The van der Waals surface area contributed by atoms with Crippen molar-refractivity contribution < 1.29 is 9.53 Å². The van der Waals surface area contributed by atoms with Crippen LogP contribution in [-0.4, -0.2) is 43.1 Å². The Balaban J connectivity index is 2.21. The van der Waals surface area contributed by atoms with Crippen LogP contribution in [0, 0.1) is 0 Å². The van der Waals surface area contributed by atoms with Crippen molar-refractivity contribution >= 4 is 5.97 Å². The standard InChI is InChI=1S/C10H16N2O2/c1-12(8-10(13)14-2)6-4-9-3-5-11-7-9/h3,5,7,11H,4,6,8H2,1-2H3. The van der Waals surface area contributed by atoms with E-state index in [-0.39, 0.29) is 5.97 Å². The maximum Gasteiger partial charge on any atom is 0.319 e. The van der Waals surface area contributed by atoms with Gasteiger partial charge in [0.05, 0.1) is 13.7 Å². The van der Waals surface area contributed by atoms with Gasteiger partial charge in [-0.05, 0) is 25.1 Å². The summed E-state index contributed by atoms with van der Waals surface area (Å²) in [4.78, 5) is 15.9. The van der Waals surface area contributed by atoms with Crippen LogP contribution in [0.2, 0.25) is 0 Å². The third-order valence-electron chi connectivity index (χ3n) is 2.07. The van der Waals surface area contributed by atoms with Crippen molar-refractivity contribution in [3.05, 3.63) is 24.0 Å². The summed E-state index contributed by atoms with van der Waals surface area (Å²) < 4.78 is 4.57. The molecular formula is C10H16N2O2. The highest BCUT2D eigenvalue weighted by Crippen LogP contribution is 1.98. The Morgan fingerprint density at radius 2 is 2.43 bits per heavy atom. The zero-order valence-electron chi connectivity index (χ0n) is 8.62. The second-order valence-electron chi connectivity index (χ2n) is 3.28. The molecule has 1 aromatic heterocycles. The molecule has 0 atom stereocenters. The van der Waals surface area contributed by atoms with E-state index in [1.807, 2.05) is 30.4 Å². The first-order valence-electron chi connectivity index (χ1n) is 4.59. The van der Waals surface area contributed by atoms with Gasteiger partial charge in [-0.2, -0.15) is 0 Å². The quantitative estimate of drug-likeness (QED) is 0.704. The third-order valence-corrected chi connectivity index (χ3v) is 2.07. The monoisotopic (exact) mass is 196 g/mol. The molecule has 0 aliphatic heterocycles. The normalized spacial score (nSPS) is 10.5. The average molecular weight is 196 g/mol. The number of hydrogen-bond acceptors (Lipinski definition) is 3. The van der Waals surface area contributed by atoms with Crippen LogP contribution >= 0.6 is 0 Å². The van der Waals surface area contributed by atoms with Crippen LogP contribution in [0.3, 0.4) is 0 Å². The number of methoxy groups -OCH3 is 1. The van der Waals surface area contributed by atoms with E-state index in [9.17, 15) is 4.79 Å². The van der Waals surface area contributed by atoms with E-state index in [1.54, 1.807) is 0 Å². The van der Waals surface area contributed by atoms with Crippen molar-refractivity contribution in [2.45, 2.75) is 6.42 Å². The first-order valence-corrected chi connectivity index (χ1v) is 4.59. The van der Waals surface area contributed by atoms with E-state index in [4.69, 9.17) is 0 Å². The lowest BCUT2D eigenvalue weighted by molar-refractivity contribution is -0.141. The number of rotatable bonds is 5. The number of carbonyl (C=O) groups excluding carboxylic acids is 1. The van der Waals surface area contributed by atoms with Gasteiger partial charge in [0.2, 0.25) is 0 Å². The lowest BCUT2D eigenvalue weighted by atomic mass is 10.2. The van der Waals surface area contributed by atoms with Gasteiger partial charge in [-0.3, -0.25) is 9.69 Å². The van der Waals surface area contributed by atoms with Gasteiger partial charge in [-0.25, -0.2) is 0 Å². The molecule has 0 saturated heterocycles. The first kappa shape index (κ1) is 10.8. The Labute approximate surface area is 83.9 Å². The molecule has 1 rings (SSSR count). The van der Waals surface area contributed by atoms with Gasteiger partial charge in [0.1, 0.15) is 0 Å². The summed E-state index contributed by atoms with van der Waals surface area (Å²) in [5.41, 5.74) is 1.25. The second-order valence-corrected chi connectivity index (χ2v) is 3.28. The van der Waals surface area contributed by atoms with Gasteiger partial charge in [-0.1, -0.05) is 0 Å². The fourth-order valence-corrected chi connectivity index (χ4v) is 1.20. The first-order chi connectivity index (χ1) is 6.72. The molecule has 78 valence electrons. The van der Waals surface area contributed by atoms with E-state index in [2.05, 4.69) is 9.72 Å². The minimum absolute atomic E-state index is 0.193. The van der Waals surface area contributed by atoms with Crippen LogP contribution in [0.5, 0.6) is 0 Å². The van der Waals surface area contributed by atoms with Crippen molar-refractivity contribution in [3.63, 3.8) is 0 Å². The van der Waals surface area contributed by atoms with Gasteiger partial charge in [0.15, 0.2) is 0 Å². The van der Waals surface area contributed by atoms with Crippen molar-refractivity contribution in [2.24, 2.45) is 0 Å². The summed E-state index contributed by atoms with van der Waals surface area (Å²) in [6.07, 6.45) is 4.80. The maximum atomic E-state index is 10.9. The summed E-state index contributed by atoms with van der Waals surface area (Å²) in [6.45, 7) is 1.20. The number of likely N-dealkylation sites (N-methyl/N-ethyl adjacent to an activating group) is 1. The van der Waals surface area contributed by atoms with Crippen LogP contribution in [0.4, 0.5) is 0 Å². The van der Waals surface area contributed by atoms with Crippen molar-refractivity contribution in [1.29, 1.82) is 0 Å². The number of aromatic amines is 1. The highest BCUT2D eigenvalue weighted by molar-refractivity contribution is 5.71. The highest BCUT2D eigenvalue weighted by atomic mass is 16.5. The second kappa shape index (κ2) is 5.44. The molecule has 0 aliphatic rings. The number of H-pyrrole nitrogens is 1. The van der Waals surface area contributed by atoms with E-state index in [0.717, 1.165) is 13.0 Å². The van der Waals surface area contributed by atoms with Crippen molar-refractivity contribution in [2.75, 3.05) is 27.2 Å². The van der Waals surface area contributed by atoms with E-state index < -0.39 is 0 Å². The van der Waals surface area contributed by atoms with Gasteiger partial charge in [0.25, 0.3) is 0 Å². The van der Waals surface area contributed by atoms with Gasteiger partial charge >= 0.3 is 5.97 Å². The molecule has 0 unspecified atom stereocenters. The predicted molar refractivity (Wildman–Crippen MR) is 54.0 cm³/mol. The molecule has 4 heteroatoms. The molecule has 1 N–H and O–H groups in total. The van der Waals surface area contributed by atoms with E-state index >= 15 is 0 Å². The van der Waals surface area contributed by atoms with Crippen LogP contribution in [0.15, 0.2) is 18.5 Å². The van der Waals surface area contributed by atoms with Crippen molar-refractivity contribution in [1.82, 2.24) is 9.88 Å². The number of nitrogens with one attached hydrogen (secondary N) is 1. The Bertz CT molecular complexity index is 270. The van der Waals surface area contributed by atoms with Crippen LogP contribution < -0.4 is 0 Å². The molecular weight excluding hydrogens is 180 g/mol. The molecule has 0 aliphatic carbocycles. The number of hydrogen-bond donors (Lipinski definition) is 1. The molecule has 0 aromatic carbocycles. The molecule has 0 saturated carbocycles. The van der Waals surface area contributed by atoms with E-state index in [0.29, 0.717) is 6.54 Å². The summed E-state index contributed by atoms with van der Waals surface area (Å²) >= 11 is 0. The molecule has 0 bridgehead atoms. The Kier molecular flexibility index (Phi) is 4.19. The number of nitrogens with zero attached hydrogens (tertiary/aromatic N) is 1. The Morgan fingerprint density at radius 1 is 1.64 bits per heavy atom. The Morgan fingerprint density at radius 3 is 3.00 bits per heavy atom. The van der Waals surface area contributed by atoms with Crippen LogP contribution in [0.25, 0.3) is 0 Å². The van der Waals surface area contributed by atoms with Crippen molar-refractivity contribution in [3.8, 4) is 0 Å². The number of esters is 1. The molecule has 0 spiro atoms. The van der Waals surface area contributed by atoms with E-state index in [1.165, 1.54) is 12.7 Å². The fraction of sp³-hybridized carbons (Fsp3) is 0.500. The SMILES string of the molecule is COC(=O)CN(C)CCc1cc[nH]c1. The summed E-state index contributed by atoms with van der Waals surface area (Å²) in [5, 5.41) is 0. The number of carbonyl (C=O) groups is 1. The molecule has 0 amide bonds. The third kappa shape index (κ3) is 3.62. The largest absolute Gasteiger partial charge is 0.468 e. The summed E-state index contributed by atoms with van der Waals surface area (Å²) in [7, 11) is 3.31. The predicted octanol–water partition coefficient (Wildman–Crippen LogP) is 0.662. The van der Waals surface area contributed by atoms with Crippen LogP contribution in [0.1, 0.15) is 5.56 Å². The number of aromatic nitrogens is 1. The minimum atomic E-state index is -0.193. The molecule has 0 radical (unpaired) electrons. The maximum absolute atomic E-state index is 10.9. The zero-order valence-corrected chi connectivity index (χ0v) is 8.62. The average Bonchev–Trinajstić information content (AvgIpc) is 2.67. The fourth-order valence-electron chi connectivity index (χ4n) is 1.20. The lowest BCUT2D eigenvalue weighted by Crippen LogP contribution is -2.28. The highest BCUT2D eigenvalue weighted by Gasteiger charge is 2.05. The zero-order chi connectivity index (χ0) is 10.4. The molecule has 14 heavy (non-hydrogen) atoms. The lowest BCUT2D eigenvalue weighted by Gasteiger charge is -2.13.